The van der Waals surface area contributed by atoms with Gasteiger partial charge in [0.15, 0.2) is 5.82 Å². The van der Waals surface area contributed by atoms with E-state index in [-0.39, 0.29) is 10.8 Å². The van der Waals surface area contributed by atoms with Crippen molar-refractivity contribution in [1.82, 2.24) is 19.5 Å². The van der Waals surface area contributed by atoms with Gasteiger partial charge in [0.05, 0.1) is 0 Å². The van der Waals surface area contributed by atoms with Gasteiger partial charge in [-0.1, -0.05) is 0 Å². The molecular weight excluding hydrogens is 328 g/mol. The predicted molar refractivity (Wildman–Crippen MR) is 87.0 cm³/mol. The third kappa shape index (κ3) is 2.57. The van der Waals surface area contributed by atoms with Gasteiger partial charge in [-0.3, -0.25) is 5.10 Å². The van der Waals surface area contributed by atoms with Gasteiger partial charge in [0.25, 0.3) is 0 Å². The Hall–Kier alpha value is -1.67. The Balaban J connectivity index is 1.66. The lowest BCUT2D eigenvalue weighted by molar-refractivity contribution is 0.422. The highest BCUT2D eigenvalue weighted by molar-refractivity contribution is 7.89. The third-order valence-electron chi connectivity index (χ3n) is 5.12. The summed E-state index contributed by atoms with van der Waals surface area (Å²) in [5.41, 5.74) is 0. The van der Waals surface area contributed by atoms with E-state index in [0.717, 1.165) is 11.6 Å². The lowest BCUT2D eigenvalue weighted by Gasteiger charge is -2.15. The van der Waals surface area contributed by atoms with Crippen LogP contribution in [0, 0.1) is 32.6 Å². The highest BCUT2D eigenvalue weighted by Gasteiger charge is 2.48. The maximum atomic E-state index is 13.1. The van der Waals surface area contributed by atoms with Gasteiger partial charge in [-0.2, -0.15) is 9.40 Å². The summed E-state index contributed by atoms with van der Waals surface area (Å²) in [7, 11) is -3.55. The summed E-state index contributed by atoms with van der Waals surface area (Å²) < 4.78 is 33.1. The highest BCUT2D eigenvalue weighted by Crippen LogP contribution is 2.48. The molecule has 7 nitrogen and oxygen atoms in total. The Kier molecular flexibility index (Phi) is 3.58. The zero-order chi connectivity index (χ0) is 17.1. The van der Waals surface area contributed by atoms with Crippen molar-refractivity contribution in [3.8, 4) is 0 Å². The molecule has 24 heavy (non-hydrogen) atoms. The minimum absolute atomic E-state index is 0.0607. The zero-order valence-electron chi connectivity index (χ0n) is 14.1. The number of sulfonamides is 1. The van der Waals surface area contributed by atoms with Crippen LogP contribution in [-0.2, 0) is 10.0 Å². The van der Waals surface area contributed by atoms with E-state index in [1.54, 1.807) is 24.2 Å². The Morgan fingerprint density at radius 1 is 1.25 bits per heavy atom. The molecule has 4 rings (SSSR count). The average Bonchev–Trinajstić information content (AvgIpc) is 2.94. The van der Waals surface area contributed by atoms with Crippen LogP contribution < -0.4 is 0 Å². The minimum Gasteiger partial charge on any atom is -0.465 e. The molecule has 3 heterocycles. The first kappa shape index (κ1) is 15.8. The van der Waals surface area contributed by atoms with Crippen LogP contribution in [0.2, 0.25) is 0 Å². The molecule has 1 aliphatic heterocycles. The Morgan fingerprint density at radius 2 is 2.00 bits per heavy atom. The molecule has 2 fully saturated rings. The van der Waals surface area contributed by atoms with Crippen LogP contribution in [0.1, 0.15) is 41.9 Å². The second-order valence-corrected chi connectivity index (χ2v) is 8.89. The number of rotatable bonds is 4. The Labute approximate surface area is 141 Å². The van der Waals surface area contributed by atoms with Crippen molar-refractivity contribution in [3.63, 3.8) is 0 Å². The lowest BCUT2D eigenvalue weighted by Crippen LogP contribution is -2.29. The van der Waals surface area contributed by atoms with Crippen molar-refractivity contribution < 1.29 is 12.8 Å². The molecule has 130 valence electrons. The van der Waals surface area contributed by atoms with Gasteiger partial charge in [0.1, 0.15) is 22.2 Å². The molecule has 0 unspecified atom stereocenters. The summed E-state index contributed by atoms with van der Waals surface area (Å²) in [4.78, 5) is 4.74. The second kappa shape index (κ2) is 5.42. The normalized spacial score (nSPS) is 25.5. The highest BCUT2D eigenvalue weighted by atomic mass is 32.2. The Bertz CT molecular complexity index is 866. The van der Waals surface area contributed by atoms with E-state index in [2.05, 4.69) is 15.2 Å². The van der Waals surface area contributed by atoms with E-state index >= 15 is 0 Å². The zero-order valence-corrected chi connectivity index (χ0v) is 14.9. The van der Waals surface area contributed by atoms with Gasteiger partial charge in [0, 0.05) is 19.0 Å². The van der Waals surface area contributed by atoms with Gasteiger partial charge >= 0.3 is 0 Å². The molecule has 1 saturated carbocycles. The predicted octanol–water partition coefficient (Wildman–Crippen LogP) is 2.14. The number of H-pyrrole nitrogens is 1. The molecule has 2 atom stereocenters. The van der Waals surface area contributed by atoms with Gasteiger partial charge in [-0.05, 0) is 51.5 Å². The molecule has 2 aromatic rings. The van der Waals surface area contributed by atoms with Crippen molar-refractivity contribution in [2.75, 3.05) is 13.1 Å². The fourth-order valence-electron chi connectivity index (χ4n) is 3.79. The monoisotopic (exact) mass is 350 g/mol. The summed E-state index contributed by atoms with van der Waals surface area (Å²) in [6.45, 7) is 6.30. The Morgan fingerprint density at radius 3 is 2.54 bits per heavy atom. The number of nitrogens with one attached hydrogen (secondary N) is 1. The van der Waals surface area contributed by atoms with E-state index in [4.69, 9.17) is 4.42 Å². The molecule has 1 N–H and O–H groups in total. The number of aryl methyl sites for hydroxylation is 3. The first-order chi connectivity index (χ1) is 11.4. The first-order valence-electron chi connectivity index (χ1n) is 8.32. The molecule has 0 amide bonds. The SMILES string of the molecule is Cc1nc([C@@H]2CN(S(=O)(=O)c3cc(C)oc3C)C[C@H]2C2CC2)n[nH]1. The van der Waals surface area contributed by atoms with Gasteiger partial charge in [-0.25, -0.2) is 13.4 Å². The number of furan rings is 1. The third-order valence-corrected chi connectivity index (χ3v) is 7.06. The van der Waals surface area contributed by atoms with E-state index in [1.165, 1.54) is 12.8 Å². The fraction of sp³-hybridized carbons (Fsp3) is 0.625. The average molecular weight is 350 g/mol. The van der Waals surface area contributed by atoms with E-state index < -0.39 is 10.0 Å². The number of aromatic nitrogens is 3. The smallest absolute Gasteiger partial charge is 0.246 e. The second-order valence-electron chi connectivity index (χ2n) is 6.99. The maximum Gasteiger partial charge on any atom is 0.246 e. The first-order valence-corrected chi connectivity index (χ1v) is 9.76. The summed E-state index contributed by atoms with van der Waals surface area (Å²) in [6.07, 6.45) is 2.34. The van der Waals surface area contributed by atoms with E-state index in [0.29, 0.717) is 36.4 Å². The quantitative estimate of drug-likeness (QED) is 0.912. The number of hydrogen-bond acceptors (Lipinski definition) is 5. The van der Waals surface area contributed by atoms with Crippen LogP contribution in [0.4, 0.5) is 0 Å². The van der Waals surface area contributed by atoms with Crippen LogP contribution in [-0.4, -0.2) is 41.0 Å². The molecule has 1 aliphatic carbocycles. The van der Waals surface area contributed by atoms with Crippen LogP contribution in [0.3, 0.4) is 0 Å². The molecule has 2 aliphatic rings. The molecular formula is C16H22N4O3S. The van der Waals surface area contributed by atoms with Crippen molar-refractivity contribution in [2.24, 2.45) is 11.8 Å². The van der Waals surface area contributed by atoms with Gasteiger partial charge < -0.3 is 4.42 Å². The van der Waals surface area contributed by atoms with Crippen LogP contribution in [0.5, 0.6) is 0 Å². The minimum atomic E-state index is -3.55. The van der Waals surface area contributed by atoms with Gasteiger partial charge in [0.2, 0.25) is 10.0 Å². The fourth-order valence-corrected chi connectivity index (χ4v) is 5.51. The number of aromatic amines is 1. The van der Waals surface area contributed by atoms with Crippen molar-refractivity contribution in [3.05, 3.63) is 29.2 Å². The largest absolute Gasteiger partial charge is 0.465 e. The standard InChI is InChI=1S/C16H22N4O3S/c1-9-6-15(10(2)23-9)24(21,22)20-7-13(12-4-5-12)14(8-20)16-17-11(3)18-19-16/h6,12-14H,4-5,7-8H2,1-3H3,(H,17,18,19)/t13-,14+/m0/s1. The maximum absolute atomic E-state index is 13.1. The summed E-state index contributed by atoms with van der Waals surface area (Å²) >= 11 is 0. The molecule has 2 aromatic heterocycles. The van der Waals surface area contributed by atoms with Crippen LogP contribution in [0.15, 0.2) is 15.4 Å². The van der Waals surface area contributed by atoms with E-state index in [9.17, 15) is 8.42 Å². The summed E-state index contributed by atoms with van der Waals surface area (Å²) in [5.74, 6) is 3.51. The number of nitrogens with zero attached hydrogens (tertiary/aromatic N) is 3. The molecule has 1 saturated heterocycles. The van der Waals surface area contributed by atoms with Crippen LogP contribution >= 0.6 is 0 Å². The van der Waals surface area contributed by atoms with Crippen molar-refractivity contribution in [1.29, 1.82) is 0 Å². The molecule has 8 heteroatoms. The van der Waals surface area contributed by atoms with Crippen molar-refractivity contribution >= 4 is 10.0 Å². The lowest BCUT2D eigenvalue weighted by atomic mass is 9.91. The van der Waals surface area contributed by atoms with Crippen LogP contribution in [0.25, 0.3) is 0 Å². The molecule has 0 spiro atoms. The van der Waals surface area contributed by atoms with E-state index in [1.807, 2.05) is 6.92 Å². The molecule has 0 aromatic carbocycles. The summed E-state index contributed by atoms with van der Waals surface area (Å²) in [5, 5.41) is 7.17. The molecule has 0 radical (unpaired) electrons. The summed E-state index contributed by atoms with van der Waals surface area (Å²) in [6, 6.07) is 1.61. The van der Waals surface area contributed by atoms with Gasteiger partial charge in [-0.15, -0.1) is 0 Å². The molecule has 0 bridgehead atoms. The number of hydrogen-bond donors (Lipinski definition) is 1. The topological polar surface area (TPSA) is 92.1 Å². The van der Waals surface area contributed by atoms with Crippen molar-refractivity contribution in [2.45, 2.75) is 44.4 Å².